The molecule has 1 fully saturated rings. The van der Waals surface area contributed by atoms with Crippen LogP contribution in [-0.2, 0) is 6.54 Å². The van der Waals surface area contributed by atoms with Crippen molar-refractivity contribution in [1.82, 2.24) is 14.5 Å². The number of amides is 1. The Morgan fingerprint density at radius 2 is 1.90 bits per heavy atom. The number of carbonyl (C=O) groups is 1. The van der Waals surface area contributed by atoms with Gasteiger partial charge in [0, 0.05) is 38.8 Å². The van der Waals surface area contributed by atoms with E-state index in [-0.39, 0.29) is 11.5 Å². The van der Waals surface area contributed by atoms with Crippen molar-refractivity contribution in [2.45, 2.75) is 6.54 Å². The van der Waals surface area contributed by atoms with Gasteiger partial charge in [0.25, 0.3) is 11.5 Å². The molecule has 1 saturated heterocycles. The van der Waals surface area contributed by atoms with Gasteiger partial charge in [0.15, 0.2) is 11.5 Å². The molecule has 31 heavy (non-hydrogen) atoms. The van der Waals surface area contributed by atoms with E-state index in [0.717, 1.165) is 4.88 Å². The second kappa shape index (κ2) is 8.07. The molecule has 5 rings (SSSR count). The summed E-state index contributed by atoms with van der Waals surface area (Å²) in [6.45, 7) is 7.40. The molecule has 0 radical (unpaired) electrons. The summed E-state index contributed by atoms with van der Waals surface area (Å²) in [5, 5.41) is 2.39. The normalized spacial score (nSPS) is 15.9. The zero-order valence-corrected chi connectivity index (χ0v) is 17.8. The summed E-state index contributed by atoms with van der Waals surface area (Å²) in [6, 6.07) is 7.21. The van der Waals surface area contributed by atoms with Gasteiger partial charge in [0.2, 0.25) is 5.95 Å². The lowest BCUT2D eigenvalue weighted by molar-refractivity contribution is 0.0751. The molecule has 4 heterocycles. The van der Waals surface area contributed by atoms with Gasteiger partial charge in [0.1, 0.15) is 13.2 Å². The van der Waals surface area contributed by atoms with Crippen molar-refractivity contribution in [2.24, 2.45) is 0 Å². The van der Waals surface area contributed by atoms with E-state index in [1.54, 1.807) is 22.8 Å². The third-order valence-corrected chi connectivity index (χ3v) is 6.35. The van der Waals surface area contributed by atoms with Crippen LogP contribution in [0.2, 0.25) is 0 Å². The van der Waals surface area contributed by atoms with E-state index in [9.17, 15) is 9.59 Å². The Balaban J connectivity index is 1.47. The first kappa shape index (κ1) is 19.6. The predicted molar refractivity (Wildman–Crippen MR) is 120 cm³/mol. The molecule has 0 aliphatic carbocycles. The highest BCUT2D eigenvalue weighted by molar-refractivity contribution is 7.12. The number of aromatic nitrogens is 2. The number of rotatable bonds is 4. The van der Waals surface area contributed by atoms with Gasteiger partial charge < -0.3 is 19.3 Å². The molecule has 0 N–H and O–H groups in total. The van der Waals surface area contributed by atoms with E-state index in [1.807, 2.05) is 22.4 Å². The molecule has 1 amide bonds. The summed E-state index contributed by atoms with van der Waals surface area (Å²) >= 11 is 1.45. The van der Waals surface area contributed by atoms with Gasteiger partial charge in [-0.15, -0.1) is 17.9 Å². The van der Waals surface area contributed by atoms with Crippen molar-refractivity contribution in [3.63, 3.8) is 0 Å². The van der Waals surface area contributed by atoms with Crippen LogP contribution < -0.4 is 19.9 Å². The summed E-state index contributed by atoms with van der Waals surface area (Å²) in [5.41, 5.74) is 0.426. The van der Waals surface area contributed by atoms with E-state index in [0.29, 0.717) is 74.3 Å². The van der Waals surface area contributed by atoms with Gasteiger partial charge in [-0.25, -0.2) is 4.98 Å². The van der Waals surface area contributed by atoms with Gasteiger partial charge in [-0.2, -0.15) is 0 Å². The number of nitrogens with zero attached hydrogens (tertiary/aromatic N) is 4. The van der Waals surface area contributed by atoms with Crippen molar-refractivity contribution >= 4 is 34.1 Å². The average molecular weight is 439 g/mol. The number of hydrogen-bond acceptors (Lipinski definition) is 7. The smallest absolute Gasteiger partial charge is 0.264 e. The first-order valence-corrected chi connectivity index (χ1v) is 11.1. The van der Waals surface area contributed by atoms with Crippen LogP contribution in [0.25, 0.3) is 10.9 Å². The van der Waals surface area contributed by atoms with Gasteiger partial charge in [-0.3, -0.25) is 14.2 Å². The quantitative estimate of drug-likeness (QED) is 0.582. The number of hydrogen-bond donors (Lipinski definition) is 0. The van der Waals surface area contributed by atoms with Crippen LogP contribution in [-0.4, -0.2) is 59.8 Å². The van der Waals surface area contributed by atoms with Crippen LogP contribution >= 0.6 is 11.3 Å². The molecule has 1 aromatic carbocycles. The molecule has 8 nitrogen and oxygen atoms in total. The van der Waals surface area contributed by atoms with Crippen LogP contribution in [0.3, 0.4) is 0 Å². The van der Waals surface area contributed by atoms with E-state index >= 15 is 0 Å². The highest BCUT2D eigenvalue weighted by Gasteiger charge is 2.26. The molecule has 0 saturated carbocycles. The van der Waals surface area contributed by atoms with Crippen LogP contribution in [0.1, 0.15) is 9.67 Å². The van der Waals surface area contributed by atoms with E-state index in [1.165, 1.54) is 11.3 Å². The number of allylic oxidation sites excluding steroid dienone is 1. The minimum absolute atomic E-state index is 0.0494. The Labute approximate surface area is 182 Å². The average Bonchev–Trinajstić information content (AvgIpc) is 3.34. The number of ether oxygens (including phenoxy) is 2. The predicted octanol–water partition coefficient (Wildman–Crippen LogP) is 2.38. The van der Waals surface area contributed by atoms with Crippen molar-refractivity contribution in [2.75, 3.05) is 44.3 Å². The van der Waals surface area contributed by atoms with E-state index in [4.69, 9.17) is 14.5 Å². The molecule has 0 unspecified atom stereocenters. The maximum atomic E-state index is 13.3. The van der Waals surface area contributed by atoms with Crippen molar-refractivity contribution in [1.29, 1.82) is 0 Å². The first-order chi connectivity index (χ1) is 15.2. The lowest BCUT2D eigenvalue weighted by Gasteiger charge is -2.36. The summed E-state index contributed by atoms with van der Waals surface area (Å²) in [7, 11) is 0. The van der Waals surface area contributed by atoms with Crippen LogP contribution in [0, 0.1) is 0 Å². The summed E-state index contributed by atoms with van der Waals surface area (Å²) in [6.07, 6.45) is 1.69. The summed E-state index contributed by atoms with van der Waals surface area (Å²) in [4.78, 5) is 35.4. The second-order valence-corrected chi connectivity index (χ2v) is 8.33. The third-order valence-electron chi connectivity index (χ3n) is 5.49. The minimum Gasteiger partial charge on any atom is -0.486 e. The maximum absolute atomic E-state index is 13.3. The molecule has 3 aromatic rings. The highest BCUT2D eigenvalue weighted by atomic mass is 32.1. The number of piperazine rings is 1. The fraction of sp³-hybridized carbons (Fsp3) is 0.318. The molecule has 2 aliphatic heterocycles. The topological polar surface area (TPSA) is 76.9 Å². The standard InChI is InChI=1S/C22H22N4O4S/c1-2-5-26-20(27)15-13-17-18(30-11-10-29-17)14-16(15)23-22(26)25-8-6-24(7-9-25)21(28)19-4-3-12-31-19/h2-4,12-14H,1,5-11H2. The first-order valence-electron chi connectivity index (χ1n) is 10.2. The minimum atomic E-state index is -0.144. The van der Waals surface area contributed by atoms with E-state index in [2.05, 4.69) is 11.5 Å². The zero-order chi connectivity index (χ0) is 21.4. The van der Waals surface area contributed by atoms with Crippen molar-refractivity contribution in [3.8, 4) is 11.5 Å². The molecule has 2 aromatic heterocycles. The number of thiophene rings is 1. The third kappa shape index (κ3) is 3.54. The monoisotopic (exact) mass is 438 g/mol. The Morgan fingerprint density at radius 1 is 1.16 bits per heavy atom. The molecule has 160 valence electrons. The number of fused-ring (bicyclic) bond motifs is 2. The molecular weight excluding hydrogens is 416 g/mol. The van der Waals surface area contributed by atoms with Crippen LogP contribution in [0.15, 0.2) is 47.1 Å². The SMILES string of the molecule is C=CCn1c(N2CCN(C(=O)c3cccs3)CC2)nc2cc3c(cc2c1=O)OCCO3. The zero-order valence-electron chi connectivity index (χ0n) is 17.0. The molecular formula is C22H22N4O4S. The molecule has 9 heteroatoms. The Bertz CT molecular complexity index is 1200. The Hall–Kier alpha value is -3.33. The molecule has 0 spiro atoms. The second-order valence-electron chi connectivity index (χ2n) is 7.39. The van der Waals surface area contributed by atoms with Gasteiger partial charge in [-0.05, 0) is 17.5 Å². The Kier molecular flexibility index (Phi) is 5.11. The van der Waals surface area contributed by atoms with Crippen molar-refractivity contribution < 1.29 is 14.3 Å². The Morgan fingerprint density at radius 3 is 2.58 bits per heavy atom. The molecule has 2 aliphatic rings. The maximum Gasteiger partial charge on any atom is 0.264 e. The number of anilines is 1. The fourth-order valence-corrected chi connectivity index (χ4v) is 4.64. The van der Waals surface area contributed by atoms with Crippen LogP contribution in [0.5, 0.6) is 11.5 Å². The van der Waals surface area contributed by atoms with Crippen molar-refractivity contribution in [3.05, 3.63) is 57.5 Å². The largest absolute Gasteiger partial charge is 0.486 e. The van der Waals surface area contributed by atoms with Gasteiger partial charge in [-0.1, -0.05) is 12.1 Å². The lowest BCUT2D eigenvalue weighted by atomic mass is 10.2. The highest BCUT2D eigenvalue weighted by Crippen LogP contribution is 2.33. The van der Waals surface area contributed by atoms with Crippen LogP contribution in [0.4, 0.5) is 5.95 Å². The molecule has 0 bridgehead atoms. The fourth-order valence-electron chi connectivity index (χ4n) is 3.95. The number of benzene rings is 1. The van der Waals surface area contributed by atoms with Gasteiger partial charge >= 0.3 is 0 Å². The lowest BCUT2D eigenvalue weighted by Crippen LogP contribution is -2.50. The van der Waals surface area contributed by atoms with Gasteiger partial charge in [0.05, 0.1) is 15.8 Å². The van der Waals surface area contributed by atoms with E-state index < -0.39 is 0 Å². The number of carbonyl (C=O) groups excluding carboxylic acids is 1. The summed E-state index contributed by atoms with van der Waals surface area (Å²) < 4.78 is 12.9. The molecule has 0 atom stereocenters. The summed E-state index contributed by atoms with van der Waals surface area (Å²) in [5.74, 6) is 1.80.